The van der Waals surface area contributed by atoms with E-state index in [1.807, 2.05) is 12.1 Å². The first-order valence-corrected chi connectivity index (χ1v) is 10.9. The van der Waals surface area contributed by atoms with E-state index in [0.717, 1.165) is 48.3 Å². The third kappa shape index (κ3) is 5.27. The number of piperidine rings is 1. The van der Waals surface area contributed by atoms with Gasteiger partial charge in [0, 0.05) is 31.4 Å². The number of carbonyl (C=O) groups is 1. The van der Waals surface area contributed by atoms with Crippen molar-refractivity contribution in [3.05, 3.63) is 77.9 Å². The third-order valence-corrected chi connectivity index (χ3v) is 5.63. The smallest absolute Gasteiger partial charge is 0.187 e. The molecular weight excluding hydrogens is 548 g/mol. The second kappa shape index (κ2) is 9.28. The molecule has 0 saturated carbocycles. The van der Waals surface area contributed by atoms with Crippen LogP contribution in [0, 0.1) is 7.14 Å². The number of rotatable bonds is 4. The summed E-state index contributed by atoms with van der Waals surface area (Å²) in [7, 11) is 0. The van der Waals surface area contributed by atoms with Crippen molar-refractivity contribution in [2.45, 2.75) is 13.3 Å². The Balaban J connectivity index is 1.96. The van der Waals surface area contributed by atoms with Gasteiger partial charge in [-0.15, -0.1) is 0 Å². The number of ketones is 1. The fourth-order valence-electron chi connectivity index (χ4n) is 3.18. The number of Topliss-reactive ketones (excluding diaryl/α,β-unsaturated/α-hetero) is 1. The number of likely N-dealkylation sites (tertiary alicyclic amines) is 1. The predicted molar refractivity (Wildman–Crippen MR) is 126 cm³/mol. The lowest BCUT2D eigenvalue weighted by Crippen LogP contribution is -2.38. The van der Waals surface area contributed by atoms with Crippen LogP contribution in [-0.2, 0) is 4.79 Å². The molecule has 1 aliphatic rings. The van der Waals surface area contributed by atoms with Crippen molar-refractivity contribution in [2.75, 3.05) is 19.6 Å². The van der Waals surface area contributed by atoms with Gasteiger partial charge in [-0.05, 0) is 106 Å². The molecule has 3 rings (SSSR count). The summed E-state index contributed by atoms with van der Waals surface area (Å²) < 4.78 is 2.36. The quantitative estimate of drug-likeness (QED) is 0.350. The summed E-state index contributed by atoms with van der Waals surface area (Å²) in [6, 6.07) is 16.6. The van der Waals surface area contributed by atoms with Crippen LogP contribution < -0.4 is 0 Å². The highest BCUT2D eigenvalue weighted by Gasteiger charge is 2.25. The maximum atomic E-state index is 13.1. The summed E-state index contributed by atoms with van der Waals surface area (Å²) in [5, 5.41) is 0. The first-order valence-electron chi connectivity index (χ1n) is 8.74. The van der Waals surface area contributed by atoms with E-state index in [9.17, 15) is 4.79 Å². The van der Waals surface area contributed by atoms with Gasteiger partial charge in [-0.2, -0.15) is 0 Å². The number of benzene rings is 2. The molecule has 134 valence electrons. The van der Waals surface area contributed by atoms with Gasteiger partial charge in [-0.1, -0.05) is 31.2 Å². The van der Waals surface area contributed by atoms with Crippen molar-refractivity contribution in [1.29, 1.82) is 0 Å². The van der Waals surface area contributed by atoms with Crippen LogP contribution in [0.4, 0.5) is 0 Å². The van der Waals surface area contributed by atoms with E-state index in [0.29, 0.717) is 0 Å². The minimum Gasteiger partial charge on any atom is -0.295 e. The van der Waals surface area contributed by atoms with Crippen molar-refractivity contribution in [3.63, 3.8) is 0 Å². The number of carbonyl (C=O) groups excluding carboxylic acids is 1. The van der Waals surface area contributed by atoms with Crippen LogP contribution in [0.3, 0.4) is 0 Å². The van der Waals surface area contributed by atoms with Gasteiger partial charge in [0.2, 0.25) is 0 Å². The van der Waals surface area contributed by atoms with Gasteiger partial charge >= 0.3 is 0 Å². The second-order valence-corrected chi connectivity index (χ2v) is 8.98. The molecule has 0 spiro atoms. The molecule has 2 aromatic rings. The van der Waals surface area contributed by atoms with Gasteiger partial charge < -0.3 is 0 Å². The zero-order valence-electron chi connectivity index (χ0n) is 14.7. The van der Waals surface area contributed by atoms with Gasteiger partial charge in [0.1, 0.15) is 0 Å². The van der Waals surface area contributed by atoms with Crippen molar-refractivity contribution < 1.29 is 4.79 Å². The highest BCUT2D eigenvalue weighted by atomic mass is 127. The van der Waals surface area contributed by atoms with Gasteiger partial charge in [-0.3, -0.25) is 9.69 Å². The fourth-order valence-corrected chi connectivity index (χ4v) is 4.31. The lowest BCUT2D eigenvalue weighted by Gasteiger charge is -2.29. The molecule has 1 aliphatic heterocycles. The highest BCUT2D eigenvalue weighted by molar-refractivity contribution is 14.1. The van der Waals surface area contributed by atoms with Crippen molar-refractivity contribution in [2.24, 2.45) is 0 Å². The van der Waals surface area contributed by atoms with E-state index in [4.69, 9.17) is 0 Å². The van der Waals surface area contributed by atoms with Crippen molar-refractivity contribution in [1.82, 2.24) is 4.90 Å². The Kier molecular flexibility index (Phi) is 7.05. The van der Waals surface area contributed by atoms with Crippen LogP contribution in [0.1, 0.15) is 24.5 Å². The van der Waals surface area contributed by atoms with E-state index in [1.165, 1.54) is 7.14 Å². The summed E-state index contributed by atoms with van der Waals surface area (Å²) in [6.07, 6.45) is 5.19. The minimum atomic E-state index is 0.176. The van der Waals surface area contributed by atoms with Gasteiger partial charge in [-0.25, -0.2) is 0 Å². The Morgan fingerprint density at radius 2 is 1.42 bits per heavy atom. The molecule has 26 heavy (non-hydrogen) atoms. The lowest BCUT2D eigenvalue weighted by molar-refractivity contribution is -0.113. The monoisotopic (exact) mass is 569 g/mol. The van der Waals surface area contributed by atoms with Gasteiger partial charge in [0.05, 0.1) is 0 Å². The van der Waals surface area contributed by atoms with Crippen LogP contribution in [0.25, 0.3) is 12.2 Å². The Morgan fingerprint density at radius 3 is 1.85 bits per heavy atom. The zero-order chi connectivity index (χ0) is 18.5. The van der Waals surface area contributed by atoms with Crippen LogP contribution in [-0.4, -0.2) is 30.3 Å². The fraction of sp³-hybridized carbons (Fsp3) is 0.227. The Hall–Kier alpha value is -0.990. The lowest BCUT2D eigenvalue weighted by atomic mass is 9.94. The molecule has 0 aliphatic carbocycles. The molecule has 1 heterocycles. The Morgan fingerprint density at radius 1 is 0.923 bits per heavy atom. The molecule has 0 aromatic heterocycles. The summed E-state index contributed by atoms with van der Waals surface area (Å²) in [5.41, 5.74) is 3.94. The van der Waals surface area contributed by atoms with Crippen molar-refractivity contribution in [3.8, 4) is 0 Å². The van der Waals surface area contributed by atoms with Crippen LogP contribution in [0.5, 0.6) is 0 Å². The standard InChI is InChI=1S/C22H21I2NO/c1-2-9-25-14-18(10-16-5-3-7-20(23)12-16)22(26)19(15-25)11-17-6-4-8-21(24)13-17/h3-8,10-13H,2,9,14-15H2,1H3. The first kappa shape index (κ1) is 19.8. The van der Waals surface area contributed by atoms with E-state index in [1.54, 1.807) is 0 Å². The van der Waals surface area contributed by atoms with Gasteiger partial charge in [0.15, 0.2) is 5.78 Å². The average Bonchev–Trinajstić information content (AvgIpc) is 2.59. The summed E-state index contributed by atoms with van der Waals surface area (Å²) in [5.74, 6) is 0.176. The predicted octanol–water partition coefficient (Wildman–Crippen LogP) is 5.66. The van der Waals surface area contributed by atoms with E-state index < -0.39 is 0 Å². The molecule has 2 nitrogen and oxygen atoms in total. The van der Waals surface area contributed by atoms with Gasteiger partial charge in [0.25, 0.3) is 0 Å². The van der Waals surface area contributed by atoms with Crippen LogP contribution >= 0.6 is 45.2 Å². The molecular formula is C22H21I2NO. The van der Waals surface area contributed by atoms with E-state index in [-0.39, 0.29) is 5.78 Å². The molecule has 2 aromatic carbocycles. The normalized spacial score (nSPS) is 18.7. The number of nitrogens with zero attached hydrogens (tertiary/aromatic N) is 1. The number of hydrogen-bond acceptors (Lipinski definition) is 2. The average molecular weight is 569 g/mol. The molecule has 0 N–H and O–H groups in total. The number of halogens is 2. The Bertz CT molecular complexity index is 802. The number of hydrogen-bond donors (Lipinski definition) is 0. The molecule has 1 fully saturated rings. The largest absolute Gasteiger partial charge is 0.295 e. The third-order valence-electron chi connectivity index (χ3n) is 4.29. The maximum absolute atomic E-state index is 13.1. The maximum Gasteiger partial charge on any atom is 0.187 e. The molecule has 0 unspecified atom stereocenters. The van der Waals surface area contributed by atoms with E-state index in [2.05, 4.69) is 106 Å². The first-order chi connectivity index (χ1) is 12.5. The molecule has 0 atom stereocenters. The molecule has 4 heteroatoms. The zero-order valence-corrected chi connectivity index (χ0v) is 19.0. The Labute approximate surface area is 182 Å². The molecule has 0 amide bonds. The van der Waals surface area contributed by atoms with Crippen LogP contribution in [0.2, 0.25) is 0 Å². The highest BCUT2D eigenvalue weighted by Crippen LogP contribution is 2.23. The molecule has 0 radical (unpaired) electrons. The second-order valence-electron chi connectivity index (χ2n) is 6.49. The summed E-state index contributed by atoms with van der Waals surface area (Å²) in [4.78, 5) is 15.4. The topological polar surface area (TPSA) is 20.3 Å². The van der Waals surface area contributed by atoms with E-state index >= 15 is 0 Å². The van der Waals surface area contributed by atoms with Crippen molar-refractivity contribution >= 4 is 63.1 Å². The molecule has 0 bridgehead atoms. The molecule has 1 saturated heterocycles. The summed E-state index contributed by atoms with van der Waals surface area (Å²) in [6.45, 7) is 4.63. The minimum absolute atomic E-state index is 0.176. The van der Waals surface area contributed by atoms with Crippen LogP contribution in [0.15, 0.2) is 59.7 Å². The SMILES string of the molecule is CCCN1CC(=Cc2cccc(I)c2)C(=O)C(=Cc2cccc(I)c2)C1. The summed E-state index contributed by atoms with van der Waals surface area (Å²) >= 11 is 4.62.